The van der Waals surface area contributed by atoms with Crippen LogP contribution in [0.1, 0.15) is 38.5 Å². The fourth-order valence-corrected chi connectivity index (χ4v) is 5.13. The van der Waals surface area contributed by atoms with E-state index in [-0.39, 0.29) is 30.7 Å². The lowest BCUT2D eigenvalue weighted by atomic mass is 9.94. The summed E-state index contributed by atoms with van der Waals surface area (Å²) in [4.78, 5) is 40.1. The third-order valence-corrected chi connectivity index (χ3v) is 7.04. The van der Waals surface area contributed by atoms with Crippen LogP contribution in [0.15, 0.2) is 30.3 Å². The number of nitrogens with one attached hydrogen (secondary N) is 4. The van der Waals surface area contributed by atoms with Crippen molar-refractivity contribution in [2.75, 3.05) is 57.9 Å². The second-order valence-electron chi connectivity index (χ2n) is 9.65. The molecule has 1 fully saturated rings. The summed E-state index contributed by atoms with van der Waals surface area (Å²) < 4.78 is 10.9. The van der Waals surface area contributed by atoms with Gasteiger partial charge >= 0.3 is 0 Å². The molecule has 1 atom stereocenters. The highest BCUT2D eigenvalue weighted by atomic mass is 16.5. The van der Waals surface area contributed by atoms with Gasteiger partial charge in [-0.25, -0.2) is 5.43 Å². The molecular formula is C27H33N5O5. The van der Waals surface area contributed by atoms with E-state index in [9.17, 15) is 14.4 Å². The average Bonchev–Trinajstić information content (AvgIpc) is 3.48. The molecule has 0 spiro atoms. The Hall–Kier alpha value is -3.47. The van der Waals surface area contributed by atoms with Crippen molar-refractivity contribution in [3.63, 3.8) is 0 Å². The Morgan fingerprint density at radius 1 is 1.14 bits per heavy atom. The highest BCUT2D eigenvalue weighted by molar-refractivity contribution is 6.05. The lowest BCUT2D eigenvalue weighted by Crippen LogP contribution is -2.41. The lowest BCUT2D eigenvalue weighted by molar-refractivity contribution is -0.122. The van der Waals surface area contributed by atoms with Gasteiger partial charge in [0.05, 0.1) is 32.2 Å². The zero-order valence-corrected chi connectivity index (χ0v) is 21.0. The number of carbonyl (C=O) groups excluding carboxylic acids is 3. The van der Waals surface area contributed by atoms with Gasteiger partial charge in [0.15, 0.2) is 0 Å². The second kappa shape index (κ2) is 11.3. The summed E-state index contributed by atoms with van der Waals surface area (Å²) in [5.41, 5.74) is 10.5. The molecule has 196 valence electrons. The van der Waals surface area contributed by atoms with E-state index >= 15 is 0 Å². The van der Waals surface area contributed by atoms with Crippen LogP contribution in [-0.4, -0.2) is 75.2 Å². The minimum absolute atomic E-state index is 0.164. The third kappa shape index (κ3) is 5.93. The van der Waals surface area contributed by atoms with E-state index in [1.807, 2.05) is 31.2 Å². The van der Waals surface area contributed by atoms with Gasteiger partial charge in [0.25, 0.3) is 5.91 Å². The SMILES string of the molecule is Cc1cc(C(=O)NCCN2CCOCC2)cc2c1C(CNNC(=O)Cc1ccc3c(c1)CCO3)C(=O)N2. The molecule has 10 heteroatoms. The number of carbonyl (C=O) groups is 3. The standard InChI is InChI=1S/C27H33N5O5/c1-17-12-20(26(34)28-5-6-32-7-10-36-11-8-32)15-22-25(17)21(27(35)30-22)16-29-31-24(33)14-18-2-3-23-19(13-18)4-9-37-23/h2-3,12-13,15,21,29H,4-11,14,16H2,1H3,(H,28,34)(H,30,35)(H,31,33). The van der Waals surface area contributed by atoms with Crippen LogP contribution in [0.4, 0.5) is 5.69 Å². The van der Waals surface area contributed by atoms with Crippen molar-refractivity contribution in [2.24, 2.45) is 0 Å². The van der Waals surface area contributed by atoms with E-state index in [1.165, 1.54) is 0 Å². The Morgan fingerprint density at radius 3 is 2.81 bits per heavy atom. The van der Waals surface area contributed by atoms with Crippen LogP contribution in [0.3, 0.4) is 0 Å². The number of rotatable bonds is 9. The summed E-state index contributed by atoms with van der Waals surface area (Å²) in [6.45, 7) is 7.34. The van der Waals surface area contributed by atoms with Crippen LogP contribution in [0.2, 0.25) is 0 Å². The van der Waals surface area contributed by atoms with Gasteiger partial charge in [-0.05, 0) is 47.4 Å². The lowest BCUT2D eigenvalue weighted by Gasteiger charge is -2.26. The molecule has 5 rings (SSSR count). The number of benzene rings is 2. The van der Waals surface area contributed by atoms with Gasteiger partial charge in [-0.1, -0.05) is 12.1 Å². The number of nitrogens with zero attached hydrogens (tertiary/aromatic N) is 1. The number of morpholine rings is 1. The number of anilines is 1. The monoisotopic (exact) mass is 507 g/mol. The zero-order valence-electron chi connectivity index (χ0n) is 21.0. The van der Waals surface area contributed by atoms with Crippen molar-refractivity contribution in [2.45, 2.75) is 25.7 Å². The van der Waals surface area contributed by atoms with Crippen molar-refractivity contribution >= 4 is 23.4 Å². The van der Waals surface area contributed by atoms with Gasteiger partial charge in [0.2, 0.25) is 11.8 Å². The molecule has 1 saturated heterocycles. The first-order valence-corrected chi connectivity index (χ1v) is 12.8. The Morgan fingerprint density at radius 2 is 1.97 bits per heavy atom. The normalized spacial score (nSPS) is 18.5. The number of hydrogen-bond acceptors (Lipinski definition) is 7. The smallest absolute Gasteiger partial charge is 0.251 e. The van der Waals surface area contributed by atoms with Crippen LogP contribution in [0.25, 0.3) is 0 Å². The van der Waals surface area contributed by atoms with Gasteiger partial charge in [-0.3, -0.25) is 24.7 Å². The summed E-state index contributed by atoms with van der Waals surface area (Å²) >= 11 is 0. The van der Waals surface area contributed by atoms with E-state index in [1.54, 1.807) is 6.07 Å². The van der Waals surface area contributed by atoms with Crippen LogP contribution in [0.5, 0.6) is 5.75 Å². The summed E-state index contributed by atoms with van der Waals surface area (Å²) in [5, 5.41) is 5.85. The highest BCUT2D eigenvalue weighted by Crippen LogP contribution is 2.35. The Bertz CT molecular complexity index is 1190. The van der Waals surface area contributed by atoms with Gasteiger partial charge in [0, 0.05) is 50.4 Å². The maximum atomic E-state index is 12.7. The fourth-order valence-electron chi connectivity index (χ4n) is 5.13. The molecule has 3 aliphatic heterocycles. The van der Waals surface area contributed by atoms with Crippen LogP contribution >= 0.6 is 0 Å². The molecule has 0 aliphatic carbocycles. The molecule has 0 aromatic heterocycles. The fraction of sp³-hybridized carbons (Fsp3) is 0.444. The first kappa shape index (κ1) is 25.2. The zero-order chi connectivity index (χ0) is 25.8. The van der Waals surface area contributed by atoms with Crippen LogP contribution in [0, 0.1) is 6.92 Å². The molecule has 0 saturated carbocycles. The first-order chi connectivity index (χ1) is 18.0. The summed E-state index contributed by atoms with van der Waals surface area (Å²) in [6.07, 6.45) is 1.09. The molecule has 37 heavy (non-hydrogen) atoms. The topological polar surface area (TPSA) is 121 Å². The predicted molar refractivity (Wildman–Crippen MR) is 138 cm³/mol. The van der Waals surface area contributed by atoms with Gasteiger partial charge in [-0.15, -0.1) is 0 Å². The number of ether oxygens (including phenoxy) is 2. The van der Waals surface area contributed by atoms with Gasteiger partial charge in [-0.2, -0.15) is 0 Å². The minimum Gasteiger partial charge on any atom is -0.493 e. The minimum atomic E-state index is -0.467. The molecule has 0 bridgehead atoms. The molecule has 0 radical (unpaired) electrons. The van der Waals surface area contributed by atoms with E-state index in [0.717, 1.165) is 67.3 Å². The number of hydrazine groups is 1. The summed E-state index contributed by atoms with van der Waals surface area (Å²) in [7, 11) is 0. The molecule has 4 N–H and O–H groups in total. The maximum absolute atomic E-state index is 12.7. The summed E-state index contributed by atoms with van der Waals surface area (Å²) in [6, 6.07) is 9.33. The van der Waals surface area contributed by atoms with Crippen molar-refractivity contribution in [1.82, 2.24) is 21.1 Å². The second-order valence-corrected chi connectivity index (χ2v) is 9.65. The van der Waals surface area contributed by atoms with Crippen molar-refractivity contribution < 1.29 is 23.9 Å². The van der Waals surface area contributed by atoms with Crippen LogP contribution in [-0.2, 0) is 27.2 Å². The molecule has 3 heterocycles. The maximum Gasteiger partial charge on any atom is 0.251 e. The Kier molecular flexibility index (Phi) is 7.68. The summed E-state index contributed by atoms with van der Waals surface area (Å²) in [5.74, 6) is -0.0925. The molecule has 2 aromatic rings. The molecule has 3 aliphatic rings. The molecule has 1 unspecified atom stereocenters. The number of aryl methyl sites for hydroxylation is 1. The number of amides is 3. The molecule has 3 amide bonds. The molecular weight excluding hydrogens is 474 g/mol. The largest absolute Gasteiger partial charge is 0.493 e. The quantitative estimate of drug-likeness (QED) is 0.372. The molecule has 2 aromatic carbocycles. The number of hydrogen-bond donors (Lipinski definition) is 4. The van der Waals surface area contributed by atoms with Gasteiger partial charge in [0.1, 0.15) is 5.75 Å². The molecule has 10 nitrogen and oxygen atoms in total. The number of fused-ring (bicyclic) bond motifs is 2. The van der Waals surface area contributed by atoms with Gasteiger partial charge < -0.3 is 20.1 Å². The first-order valence-electron chi connectivity index (χ1n) is 12.8. The van der Waals surface area contributed by atoms with Crippen molar-refractivity contribution in [1.29, 1.82) is 0 Å². The van der Waals surface area contributed by atoms with E-state index < -0.39 is 5.92 Å². The van der Waals surface area contributed by atoms with E-state index in [2.05, 4.69) is 26.4 Å². The van der Waals surface area contributed by atoms with Crippen molar-refractivity contribution in [3.05, 3.63) is 58.1 Å². The highest BCUT2D eigenvalue weighted by Gasteiger charge is 2.33. The predicted octanol–water partition coefficient (Wildman–Crippen LogP) is 0.891. The van der Waals surface area contributed by atoms with Crippen LogP contribution < -0.4 is 26.2 Å². The van der Waals surface area contributed by atoms with E-state index in [4.69, 9.17) is 9.47 Å². The average molecular weight is 508 g/mol. The van der Waals surface area contributed by atoms with E-state index in [0.29, 0.717) is 24.4 Å². The Balaban J connectivity index is 1.13. The van der Waals surface area contributed by atoms with Crippen molar-refractivity contribution in [3.8, 4) is 5.75 Å². The Labute approximate surface area is 216 Å². The third-order valence-electron chi connectivity index (χ3n) is 7.04.